The second-order valence-electron chi connectivity index (χ2n) is 11.2. The Labute approximate surface area is 197 Å². The molecule has 33 heavy (non-hydrogen) atoms. The van der Waals surface area contributed by atoms with Gasteiger partial charge in [-0.3, -0.25) is 4.79 Å². The fourth-order valence-electron chi connectivity index (χ4n) is 8.73. The number of fused-ring (bicyclic) bond motifs is 2. The summed E-state index contributed by atoms with van der Waals surface area (Å²) in [6.45, 7) is 9.10. The first-order chi connectivity index (χ1) is 15.7. The highest BCUT2D eigenvalue weighted by Gasteiger charge is 2.73. The first-order valence-corrected chi connectivity index (χ1v) is 12.3. The van der Waals surface area contributed by atoms with Crippen molar-refractivity contribution < 1.29 is 38.3 Å². The van der Waals surface area contributed by atoms with Crippen LogP contribution in [-0.2, 0) is 33.2 Å². The van der Waals surface area contributed by atoms with Gasteiger partial charge in [0.1, 0.15) is 19.7 Å². The Morgan fingerprint density at radius 3 is 2.21 bits per heavy atom. The number of esters is 1. The minimum absolute atomic E-state index is 0.0469. The predicted molar refractivity (Wildman–Crippen MR) is 119 cm³/mol. The Bertz CT molecular complexity index is 717. The zero-order valence-electron chi connectivity index (χ0n) is 21.1. The molecule has 1 aliphatic heterocycles. The van der Waals surface area contributed by atoms with Crippen molar-refractivity contribution in [2.45, 2.75) is 77.5 Å². The monoisotopic (exact) mass is 470 g/mol. The van der Waals surface area contributed by atoms with E-state index in [0.29, 0.717) is 12.8 Å². The molecule has 12 atom stereocenters. The molecule has 0 aromatic carbocycles. The number of methoxy groups -OCH3 is 3. The van der Waals surface area contributed by atoms with Crippen LogP contribution in [0.3, 0.4) is 0 Å². The third-order valence-corrected chi connectivity index (χ3v) is 9.84. The molecule has 4 aliphatic rings. The highest BCUT2D eigenvalue weighted by atomic mass is 16.7. The maximum Gasteiger partial charge on any atom is 0.306 e. The Morgan fingerprint density at radius 2 is 1.61 bits per heavy atom. The lowest BCUT2D eigenvalue weighted by atomic mass is 9.37. The van der Waals surface area contributed by atoms with Gasteiger partial charge < -0.3 is 33.5 Å². The van der Waals surface area contributed by atoms with Crippen LogP contribution in [0.5, 0.6) is 0 Å². The largest absolute Gasteiger partial charge is 0.462 e. The summed E-state index contributed by atoms with van der Waals surface area (Å²) in [7, 11) is 4.91. The number of hydrogen-bond acceptors (Lipinski definition) is 8. The fraction of sp³-hybridized carbons (Fsp3) is 0.960. The topological polar surface area (TPSA) is 92.7 Å². The minimum atomic E-state index is -0.572. The van der Waals surface area contributed by atoms with Crippen molar-refractivity contribution in [2.75, 3.05) is 34.9 Å². The lowest BCUT2D eigenvalue weighted by molar-refractivity contribution is -0.333. The van der Waals surface area contributed by atoms with Crippen LogP contribution in [0, 0.1) is 40.4 Å². The van der Waals surface area contributed by atoms with Gasteiger partial charge >= 0.3 is 5.97 Å². The number of hydrogen-bond donors (Lipinski definition) is 1. The van der Waals surface area contributed by atoms with Gasteiger partial charge in [-0.05, 0) is 36.5 Å². The molecule has 1 saturated heterocycles. The molecule has 0 aromatic heterocycles. The predicted octanol–water partition coefficient (Wildman–Crippen LogP) is 2.61. The average molecular weight is 471 g/mol. The van der Waals surface area contributed by atoms with Crippen molar-refractivity contribution in [3.8, 4) is 0 Å². The van der Waals surface area contributed by atoms with Crippen molar-refractivity contribution >= 4 is 5.97 Å². The Balaban J connectivity index is 1.90. The van der Waals surface area contributed by atoms with E-state index in [9.17, 15) is 9.90 Å². The summed E-state index contributed by atoms with van der Waals surface area (Å²) in [5.41, 5.74) is -0.760. The van der Waals surface area contributed by atoms with Gasteiger partial charge in [-0.1, -0.05) is 27.7 Å². The lowest BCUT2D eigenvalue weighted by Crippen LogP contribution is -2.76. The smallest absolute Gasteiger partial charge is 0.306 e. The molecule has 0 amide bonds. The zero-order chi connectivity index (χ0) is 24.1. The lowest BCUT2D eigenvalue weighted by Gasteiger charge is -2.71. The second kappa shape index (κ2) is 9.36. The normalized spacial score (nSPS) is 51.5. The molecule has 0 aromatic rings. The maximum atomic E-state index is 12.8. The fourth-order valence-corrected chi connectivity index (χ4v) is 8.73. The van der Waals surface area contributed by atoms with Crippen LogP contribution in [0.4, 0.5) is 0 Å². The summed E-state index contributed by atoms with van der Waals surface area (Å²) in [5.74, 6) is 0.340. The molecule has 8 nitrogen and oxygen atoms in total. The Hall–Kier alpha value is -0.770. The van der Waals surface area contributed by atoms with Crippen LogP contribution in [-0.4, -0.2) is 76.5 Å². The van der Waals surface area contributed by atoms with Crippen molar-refractivity contribution in [2.24, 2.45) is 40.4 Å². The maximum absolute atomic E-state index is 12.8. The minimum Gasteiger partial charge on any atom is -0.462 e. The van der Waals surface area contributed by atoms with Crippen LogP contribution in [0.15, 0.2) is 0 Å². The molecular formula is C25H42O8. The molecule has 0 unspecified atom stereocenters. The van der Waals surface area contributed by atoms with E-state index in [1.165, 1.54) is 0 Å². The zero-order valence-corrected chi connectivity index (χ0v) is 21.1. The first kappa shape index (κ1) is 25.3. The van der Waals surface area contributed by atoms with Crippen LogP contribution in [0.25, 0.3) is 0 Å². The standard InChI is InChI=1S/C25H42O8/c1-13-8-17(26)23(30-7)25(4)15(13)9-18-24(3)16(10-19(27)33-18)14(2)20(31-11-28-5)21(22(24)25)32-12-29-6/h13-18,20-23,26H,8-12H2,1-7H3/t13-,14-,15+,16+,17+,18-,20-,21+,22+,23-,24-,25+/m1/s1. The third kappa shape index (κ3) is 3.67. The number of aliphatic hydroxyl groups excluding tert-OH is 1. The van der Waals surface area contributed by atoms with Crippen LogP contribution >= 0.6 is 0 Å². The molecular weight excluding hydrogens is 428 g/mol. The average Bonchev–Trinajstić information content (AvgIpc) is 2.75. The van der Waals surface area contributed by atoms with Crippen molar-refractivity contribution in [1.82, 2.24) is 0 Å². The van der Waals surface area contributed by atoms with Crippen LogP contribution in [0.1, 0.15) is 47.0 Å². The van der Waals surface area contributed by atoms with Gasteiger partial charge in [0.05, 0.1) is 24.4 Å². The summed E-state index contributed by atoms with van der Waals surface area (Å²) >= 11 is 0. The Morgan fingerprint density at radius 1 is 0.970 bits per heavy atom. The summed E-state index contributed by atoms with van der Waals surface area (Å²) in [4.78, 5) is 12.8. The first-order valence-electron chi connectivity index (χ1n) is 12.3. The molecule has 1 N–H and O–H groups in total. The summed E-state index contributed by atoms with van der Waals surface area (Å²) < 4.78 is 35.5. The van der Waals surface area contributed by atoms with Gasteiger partial charge in [0, 0.05) is 44.5 Å². The van der Waals surface area contributed by atoms with Crippen LogP contribution < -0.4 is 0 Å². The molecule has 1 heterocycles. The van der Waals surface area contributed by atoms with E-state index in [1.807, 2.05) is 0 Å². The molecule has 4 rings (SSSR count). The van der Waals surface area contributed by atoms with Gasteiger partial charge in [-0.15, -0.1) is 0 Å². The number of carbonyl (C=O) groups excluding carboxylic acids is 1. The summed E-state index contributed by atoms with van der Waals surface area (Å²) in [6.07, 6.45) is 0.0205. The van der Waals surface area contributed by atoms with Crippen molar-refractivity contribution in [3.05, 3.63) is 0 Å². The Kier molecular flexibility index (Phi) is 7.18. The van der Waals surface area contributed by atoms with E-state index >= 15 is 0 Å². The number of ether oxygens (including phenoxy) is 6. The molecule has 0 radical (unpaired) electrons. The molecule has 3 aliphatic carbocycles. The number of rotatable bonds is 7. The van der Waals surface area contributed by atoms with E-state index in [0.717, 1.165) is 6.42 Å². The van der Waals surface area contributed by atoms with Crippen molar-refractivity contribution in [3.63, 3.8) is 0 Å². The number of aliphatic hydroxyl groups is 1. The SMILES string of the molecule is COCO[C@@H]1[C@H](C)[C@@H]2CC(=O)O[C@@H]3C[C@H]4[C@H](C)C[C@H](O)[C@@H](OC)[C@]4(C)[C@@H]([C@H]1OCOC)[C@@]32C. The van der Waals surface area contributed by atoms with Gasteiger partial charge in [0.15, 0.2) is 0 Å². The summed E-state index contributed by atoms with van der Waals surface area (Å²) in [5, 5.41) is 11.2. The highest BCUT2D eigenvalue weighted by Crippen LogP contribution is 2.70. The molecule has 4 fully saturated rings. The van der Waals surface area contributed by atoms with Gasteiger partial charge in [0.25, 0.3) is 0 Å². The molecule has 3 saturated carbocycles. The summed E-state index contributed by atoms with van der Waals surface area (Å²) in [6, 6.07) is 0. The number of carbonyl (C=O) groups is 1. The van der Waals surface area contributed by atoms with Gasteiger partial charge in [-0.2, -0.15) is 0 Å². The second-order valence-corrected chi connectivity index (χ2v) is 11.2. The molecule has 190 valence electrons. The van der Waals surface area contributed by atoms with Crippen LogP contribution in [0.2, 0.25) is 0 Å². The highest BCUT2D eigenvalue weighted by molar-refractivity contribution is 5.71. The van der Waals surface area contributed by atoms with Gasteiger partial charge in [-0.25, -0.2) is 0 Å². The molecule has 0 bridgehead atoms. The quantitative estimate of drug-likeness (QED) is 0.448. The molecule has 8 heteroatoms. The van der Waals surface area contributed by atoms with E-state index < -0.39 is 11.5 Å². The third-order valence-electron chi connectivity index (χ3n) is 9.84. The van der Waals surface area contributed by atoms with E-state index in [-0.39, 0.29) is 79.0 Å². The van der Waals surface area contributed by atoms with E-state index in [1.54, 1.807) is 21.3 Å². The van der Waals surface area contributed by atoms with Gasteiger partial charge in [0.2, 0.25) is 0 Å². The van der Waals surface area contributed by atoms with E-state index in [4.69, 9.17) is 28.4 Å². The van der Waals surface area contributed by atoms with Crippen molar-refractivity contribution in [1.29, 1.82) is 0 Å². The molecule has 0 spiro atoms. The van der Waals surface area contributed by atoms with E-state index in [2.05, 4.69) is 27.7 Å².